The van der Waals surface area contributed by atoms with Crippen LogP contribution in [0, 0.1) is 32.1 Å². The summed E-state index contributed by atoms with van der Waals surface area (Å²) in [7, 11) is 1.52. The first-order valence-electron chi connectivity index (χ1n) is 16.0. The first kappa shape index (κ1) is 36.3. The second-order valence-corrected chi connectivity index (χ2v) is 13.8. The fourth-order valence-electron chi connectivity index (χ4n) is 6.60. The maximum Gasteiger partial charge on any atom is 0.410 e. The molecule has 1 unspecified atom stereocenters. The molecule has 0 aromatic heterocycles. The molecule has 17 heteroatoms. The van der Waals surface area contributed by atoms with E-state index in [1.54, 1.807) is 0 Å². The number of nitrogens with one attached hydrogen (secondary N) is 1. The van der Waals surface area contributed by atoms with Gasteiger partial charge in [-0.3, -0.25) is 29.8 Å². The Bertz CT molecular complexity index is 1700. The van der Waals surface area contributed by atoms with Gasteiger partial charge in [-0.15, -0.1) is 11.8 Å². The lowest BCUT2D eigenvalue weighted by Gasteiger charge is -2.46. The van der Waals surface area contributed by atoms with Crippen LogP contribution in [0.25, 0.3) is 0 Å². The third kappa shape index (κ3) is 7.57. The third-order valence-electron chi connectivity index (χ3n) is 9.22. The first-order chi connectivity index (χ1) is 23.8. The van der Waals surface area contributed by atoms with Crippen molar-refractivity contribution >= 4 is 47.0 Å². The molecule has 0 radical (unpaired) electrons. The number of benzene rings is 2. The van der Waals surface area contributed by atoms with Gasteiger partial charge in [-0.05, 0) is 55.2 Å². The zero-order valence-electron chi connectivity index (χ0n) is 27.6. The smallest absolute Gasteiger partial charge is 0.410 e. The Morgan fingerprint density at radius 3 is 2.08 bits per heavy atom. The molecule has 2 saturated heterocycles. The van der Waals surface area contributed by atoms with Gasteiger partial charge >= 0.3 is 12.1 Å². The Kier molecular flexibility index (Phi) is 11.1. The largest absolute Gasteiger partial charge is 0.456 e. The van der Waals surface area contributed by atoms with Crippen LogP contribution in [-0.2, 0) is 37.1 Å². The first-order valence-corrected chi connectivity index (χ1v) is 16.9. The normalized spacial score (nSPS) is 23.2. The quantitative estimate of drug-likeness (QED) is 0.132. The number of hydrogen-bond acceptors (Lipinski definition) is 12. The molecule has 266 valence electrons. The van der Waals surface area contributed by atoms with Crippen molar-refractivity contribution in [3.05, 3.63) is 90.5 Å². The number of nitrogens with zero attached hydrogens (tertiary/aromatic N) is 4. The minimum atomic E-state index is -0.950. The summed E-state index contributed by atoms with van der Waals surface area (Å²) in [5, 5.41) is 34.7. The Balaban J connectivity index is 1.34. The van der Waals surface area contributed by atoms with E-state index in [1.165, 1.54) is 84.1 Å². The van der Waals surface area contributed by atoms with E-state index in [1.807, 2.05) is 6.92 Å². The van der Waals surface area contributed by atoms with Gasteiger partial charge in [0.25, 0.3) is 11.4 Å². The Labute approximate surface area is 291 Å². The summed E-state index contributed by atoms with van der Waals surface area (Å²) in [6.45, 7) is 3.28. The van der Waals surface area contributed by atoms with E-state index in [2.05, 4.69) is 5.32 Å². The van der Waals surface area contributed by atoms with E-state index in [0.717, 1.165) is 0 Å². The van der Waals surface area contributed by atoms with Crippen molar-refractivity contribution in [1.82, 2.24) is 15.1 Å². The standard InChI is InChI=1S/C33H37N5O11S/c1-18-28-27(19(2)39)31(41)36(28)29(32(42)48-16-20-4-8-22(9-5-20)37(44)45)30(18)50-25-14-24(12-13-26(40)34-3)35(15-25)33(43)49-17-21-6-10-23(11-7-21)38(46)47/h4-11,18-19,24-25,27-28,39H,12-17H2,1-3H3,(H,34,40)/t18-,19?,24-,25+,27-,28-/m1/s1. The molecule has 50 heavy (non-hydrogen) atoms. The lowest BCUT2D eigenvalue weighted by Crippen LogP contribution is -2.63. The van der Waals surface area contributed by atoms with Gasteiger partial charge in [0.05, 0.1) is 27.9 Å². The van der Waals surface area contributed by atoms with Gasteiger partial charge in [0, 0.05) is 66.4 Å². The van der Waals surface area contributed by atoms with E-state index in [4.69, 9.17) is 9.47 Å². The van der Waals surface area contributed by atoms with Crippen LogP contribution >= 0.6 is 11.8 Å². The molecule has 3 heterocycles. The maximum absolute atomic E-state index is 13.6. The molecule has 3 amide bonds. The van der Waals surface area contributed by atoms with Crippen LogP contribution in [0.1, 0.15) is 44.2 Å². The van der Waals surface area contributed by atoms with Crippen molar-refractivity contribution in [3.8, 4) is 0 Å². The third-order valence-corrected chi connectivity index (χ3v) is 10.7. The van der Waals surface area contributed by atoms with Crippen molar-refractivity contribution in [2.45, 2.75) is 69.8 Å². The number of hydrogen-bond donors (Lipinski definition) is 2. The SMILES string of the molecule is CNC(=O)CC[C@@H]1C[C@H](SC2=C(C(=O)OCc3ccc([N+](=O)[O-])cc3)N3C(=O)[C@H](C(C)O)[C@H]3[C@H]2C)CN1C(=O)OCc1ccc([N+](=O)[O-])cc1. The average molecular weight is 712 g/mol. The zero-order valence-corrected chi connectivity index (χ0v) is 28.4. The van der Waals surface area contributed by atoms with E-state index in [0.29, 0.717) is 28.9 Å². The topological polar surface area (TPSA) is 212 Å². The number of amides is 3. The number of aliphatic hydroxyl groups excluding tert-OH is 1. The minimum absolute atomic E-state index is 0.0671. The summed E-state index contributed by atoms with van der Waals surface area (Å²) in [5.41, 5.74) is 0.927. The second-order valence-electron chi connectivity index (χ2n) is 12.4. The van der Waals surface area contributed by atoms with Crippen LogP contribution in [0.15, 0.2) is 59.1 Å². The second kappa shape index (κ2) is 15.2. The number of thioether (sulfide) groups is 1. The monoisotopic (exact) mass is 711 g/mol. The number of fused-ring (bicyclic) bond motifs is 1. The van der Waals surface area contributed by atoms with E-state index in [-0.39, 0.29) is 66.4 Å². The summed E-state index contributed by atoms with van der Waals surface area (Å²) in [4.78, 5) is 76.8. The molecule has 3 aliphatic rings. The van der Waals surface area contributed by atoms with Gasteiger partial charge in [0.1, 0.15) is 18.9 Å². The molecule has 0 spiro atoms. The lowest BCUT2D eigenvalue weighted by molar-refractivity contribution is -0.385. The lowest BCUT2D eigenvalue weighted by atomic mass is 9.79. The number of aliphatic hydroxyl groups is 1. The predicted molar refractivity (Wildman–Crippen MR) is 178 cm³/mol. The molecule has 0 bridgehead atoms. The fourth-order valence-corrected chi connectivity index (χ4v) is 8.16. The molecular formula is C33H37N5O11S. The maximum atomic E-state index is 13.6. The highest BCUT2D eigenvalue weighted by atomic mass is 32.2. The van der Waals surface area contributed by atoms with Crippen LogP contribution in [0.3, 0.4) is 0 Å². The number of ether oxygens (including phenoxy) is 2. The molecule has 0 saturated carbocycles. The molecular weight excluding hydrogens is 674 g/mol. The summed E-state index contributed by atoms with van der Waals surface area (Å²) in [6, 6.07) is 10.3. The molecule has 2 aromatic carbocycles. The van der Waals surface area contributed by atoms with E-state index >= 15 is 0 Å². The van der Waals surface area contributed by atoms with Crippen LogP contribution < -0.4 is 5.32 Å². The molecule has 5 rings (SSSR count). The van der Waals surface area contributed by atoms with Crippen molar-refractivity contribution < 1.29 is 43.6 Å². The zero-order chi connectivity index (χ0) is 36.3. The molecule has 6 atom stereocenters. The highest BCUT2D eigenvalue weighted by Gasteiger charge is 2.60. The van der Waals surface area contributed by atoms with Crippen molar-refractivity contribution in [1.29, 1.82) is 0 Å². The van der Waals surface area contributed by atoms with Gasteiger partial charge in [-0.1, -0.05) is 6.92 Å². The van der Waals surface area contributed by atoms with Crippen LogP contribution in [0.4, 0.5) is 16.2 Å². The van der Waals surface area contributed by atoms with Crippen LogP contribution in [0.5, 0.6) is 0 Å². The average Bonchev–Trinajstić information content (AvgIpc) is 3.61. The minimum Gasteiger partial charge on any atom is -0.456 e. The Morgan fingerprint density at radius 2 is 1.56 bits per heavy atom. The Hall–Kier alpha value is -5.03. The molecule has 2 fully saturated rings. The number of esters is 1. The highest BCUT2D eigenvalue weighted by Crippen LogP contribution is 2.52. The van der Waals surface area contributed by atoms with E-state index < -0.39 is 45.9 Å². The summed E-state index contributed by atoms with van der Waals surface area (Å²) >= 11 is 1.35. The highest BCUT2D eigenvalue weighted by molar-refractivity contribution is 8.03. The van der Waals surface area contributed by atoms with E-state index in [9.17, 15) is 44.5 Å². The van der Waals surface area contributed by atoms with Gasteiger partial charge < -0.3 is 29.7 Å². The van der Waals surface area contributed by atoms with Crippen LogP contribution in [-0.4, -0.2) is 85.7 Å². The molecule has 3 aliphatic heterocycles. The number of non-ortho nitro benzene ring substituents is 2. The van der Waals surface area contributed by atoms with Crippen molar-refractivity contribution in [2.75, 3.05) is 13.6 Å². The van der Waals surface area contributed by atoms with Crippen molar-refractivity contribution in [2.24, 2.45) is 11.8 Å². The van der Waals surface area contributed by atoms with Gasteiger partial charge in [0.15, 0.2) is 0 Å². The number of nitro groups is 2. The molecule has 2 N–H and O–H groups in total. The summed E-state index contributed by atoms with van der Waals surface area (Å²) in [6.07, 6.45) is -0.620. The molecule has 0 aliphatic carbocycles. The fraction of sp³-hybridized carbons (Fsp3) is 0.455. The van der Waals surface area contributed by atoms with Gasteiger partial charge in [0.2, 0.25) is 11.8 Å². The number of β-lactam (4-membered cyclic amide) rings is 1. The van der Waals surface area contributed by atoms with Crippen LogP contribution in [0.2, 0.25) is 0 Å². The van der Waals surface area contributed by atoms with Gasteiger partial charge in [-0.25, -0.2) is 9.59 Å². The number of likely N-dealkylation sites (tertiary alicyclic amines) is 1. The molecule has 16 nitrogen and oxygen atoms in total. The number of nitro benzene ring substituents is 2. The predicted octanol–water partition coefficient (Wildman–Crippen LogP) is 3.65. The summed E-state index contributed by atoms with van der Waals surface area (Å²) < 4.78 is 11.2. The number of carbonyl (C=O) groups excluding carboxylic acids is 4. The summed E-state index contributed by atoms with van der Waals surface area (Å²) in [5.74, 6) is -2.41. The Morgan fingerprint density at radius 1 is 1.00 bits per heavy atom. The number of carbonyl (C=O) groups is 4. The van der Waals surface area contributed by atoms with Crippen molar-refractivity contribution in [3.63, 3.8) is 0 Å². The number of rotatable bonds is 13. The molecule has 2 aromatic rings. The van der Waals surface area contributed by atoms with Gasteiger partial charge in [-0.2, -0.15) is 0 Å².